The van der Waals surface area contributed by atoms with Gasteiger partial charge in [-0.2, -0.15) is 5.10 Å². The number of piperidine rings is 2. The van der Waals surface area contributed by atoms with Crippen molar-refractivity contribution in [3.8, 4) is 22.6 Å². The van der Waals surface area contributed by atoms with Gasteiger partial charge in [-0.3, -0.25) is 29.3 Å². The number of carbonyl (C=O) groups is 4. The second-order valence-corrected chi connectivity index (χ2v) is 23.3. The number of hydrogen-bond acceptors (Lipinski definition) is 9. The van der Waals surface area contributed by atoms with Crippen LogP contribution in [0.4, 0.5) is 32.6 Å². The number of likely N-dealkylation sites (tertiary alicyclic amines) is 2. The molecular weight excluding hydrogens is 1070 g/mol. The normalized spacial score (nSPS) is 24.6. The van der Waals surface area contributed by atoms with Crippen LogP contribution in [0.3, 0.4) is 0 Å². The van der Waals surface area contributed by atoms with Crippen LogP contribution < -0.4 is 30.7 Å². The van der Waals surface area contributed by atoms with E-state index < -0.39 is 63.5 Å². The fraction of sp³-hybridized carbons (Fsp3) is 0.459. The summed E-state index contributed by atoms with van der Waals surface area (Å²) in [6.07, 6.45) is 13.9. The van der Waals surface area contributed by atoms with Gasteiger partial charge in [0.05, 0.1) is 16.0 Å². The lowest BCUT2D eigenvalue weighted by Crippen LogP contribution is -2.56. The third-order valence-electron chi connectivity index (χ3n) is 18.1. The van der Waals surface area contributed by atoms with Crippen molar-refractivity contribution in [1.82, 2.24) is 30.2 Å². The van der Waals surface area contributed by atoms with E-state index in [0.717, 1.165) is 32.2 Å². The van der Waals surface area contributed by atoms with Crippen LogP contribution >= 0.6 is 11.6 Å². The first-order valence-electron chi connectivity index (χ1n) is 28.2. The lowest BCUT2D eigenvalue weighted by molar-refractivity contribution is -0.138. The van der Waals surface area contributed by atoms with E-state index in [0.29, 0.717) is 75.5 Å². The quantitative estimate of drug-likeness (QED) is 0.0918. The highest BCUT2D eigenvalue weighted by Crippen LogP contribution is 2.57. The predicted octanol–water partition coefficient (Wildman–Crippen LogP) is 10.6. The highest BCUT2D eigenvalue weighted by atomic mass is 35.5. The van der Waals surface area contributed by atoms with E-state index in [1.807, 2.05) is 24.0 Å². The van der Waals surface area contributed by atoms with E-state index in [1.165, 1.54) is 58.1 Å². The Morgan fingerprint density at radius 1 is 0.852 bits per heavy atom. The first kappa shape index (κ1) is 56.1. The van der Waals surface area contributed by atoms with Crippen LogP contribution in [-0.2, 0) is 23.2 Å². The van der Waals surface area contributed by atoms with Crippen molar-refractivity contribution in [2.24, 2.45) is 36.5 Å². The fourth-order valence-electron chi connectivity index (χ4n) is 13.7. The smallest absolute Gasteiger partial charge is 0.329 e. The molecule has 0 bridgehead atoms. The molecule has 5 aromatic rings. The summed E-state index contributed by atoms with van der Waals surface area (Å²) in [5.74, 6) is -5.67. The molecule has 81 heavy (non-hydrogen) atoms. The van der Waals surface area contributed by atoms with Gasteiger partial charge in [-0.05, 0) is 118 Å². The van der Waals surface area contributed by atoms with Crippen molar-refractivity contribution in [1.29, 1.82) is 0 Å². The number of imide groups is 1. The first-order valence-corrected chi connectivity index (χ1v) is 28.5. The predicted molar refractivity (Wildman–Crippen MR) is 296 cm³/mol. The highest BCUT2D eigenvalue weighted by Gasteiger charge is 2.54. The Hall–Kier alpha value is -6.83. The van der Waals surface area contributed by atoms with Crippen molar-refractivity contribution < 1.29 is 50.6 Å². The van der Waals surface area contributed by atoms with Crippen molar-refractivity contribution in [2.45, 2.75) is 102 Å². The number of hydrogen-bond donors (Lipinski definition) is 3. The van der Waals surface area contributed by atoms with Crippen LogP contribution in [0, 0.1) is 52.8 Å². The SMILES string of the molecule is CC1C=CC=CC1[C@@]1(CNC2CCC(C(=O)N3CCC(CN4CCC(c5c(F)cc6c(N7CCC(=O)NC7=O)nn(C)c6c5F)CC4)CC3)CC2)Oc2cc(F)c(Cl)c(-c3c(C(N)=O)ccc(OCc4ccc(F)cc4)c3F)c2[C@@H]1C. The molecule has 2 aliphatic carbocycles. The molecule has 14 nitrogen and oxygen atoms in total. The standard InChI is InChI=1S/C61H66ClF5N8O6/c1-33-6-4-5-7-43(33)61(34(2)49-47(81-61)29-45(65)53(62)52(49)51-41(57(68)77)16-17-46(54(51)66)80-31-36-8-12-39(63)13-9-36)32-69-40-14-10-38(11-15-40)59(78)74-25-18-35(19-26-74)30-73-23-20-37(21-24-73)50-44(64)28-42-56(55(50)67)72(3)71-58(42)75-27-22-48(76)70-60(75)79/h4-9,12-13,16-17,28-29,33-35,37-38,40,43,69H,10-11,14-15,18-27,30-32H2,1-3H3,(H2,68,77)(H,70,76,79)/t33?,34-,38?,40?,43?,61-/m0/s1. The Kier molecular flexibility index (Phi) is 15.8. The molecule has 4 atom stereocenters. The average molecular weight is 1140 g/mol. The number of aromatic nitrogens is 2. The Labute approximate surface area is 471 Å². The maximum absolute atomic E-state index is 17.0. The second-order valence-electron chi connectivity index (χ2n) is 22.9. The van der Waals surface area contributed by atoms with E-state index in [9.17, 15) is 23.6 Å². The number of benzene rings is 4. The van der Waals surface area contributed by atoms with Gasteiger partial charge in [-0.15, -0.1) is 0 Å². The molecule has 428 valence electrons. The minimum atomic E-state index is -1.04. The molecule has 1 aromatic heterocycles. The van der Waals surface area contributed by atoms with Crippen molar-refractivity contribution >= 4 is 52.1 Å². The second kappa shape index (κ2) is 22.8. The number of nitrogens with zero attached hydrogens (tertiary/aromatic N) is 5. The number of halogens is 6. The third kappa shape index (κ3) is 10.7. The monoisotopic (exact) mass is 1140 g/mol. The molecule has 3 saturated heterocycles. The average Bonchev–Trinajstić information content (AvgIpc) is 2.90. The molecule has 2 unspecified atom stereocenters. The number of amides is 5. The van der Waals surface area contributed by atoms with Crippen LogP contribution in [0.5, 0.6) is 11.5 Å². The summed E-state index contributed by atoms with van der Waals surface area (Å²) in [6.45, 7) is 7.82. The number of ether oxygens (including phenoxy) is 2. The number of primary amides is 1. The van der Waals surface area contributed by atoms with Gasteiger partial charge in [0.25, 0.3) is 0 Å². The molecule has 20 heteroatoms. The number of rotatable bonds is 14. The molecule has 4 N–H and O–H groups in total. The number of nitrogens with two attached hydrogens (primary N) is 1. The molecule has 1 saturated carbocycles. The summed E-state index contributed by atoms with van der Waals surface area (Å²) in [7, 11) is 1.56. The zero-order valence-corrected chi connectivity index (χ0v) is 46.3. The summed E-state index contributed by atoms with van der Waals surface area (Å²) < 4.78 is 93.2. The number of urea groups is 1. The molecule has 0 spiro atoms. The maximum Gasteiger partial charge on any atom is 0.329 e. The Bertz CT molecular complexity index is 3350. The molecule has 4 aliphatic heterocycles. The molecular formula is C61H66ClF5N8O6. The molecule has 11 rings (SSSR count). The van der Waals surface area contributed by atoms with Gasteiger partial charge in [-0.25, -0.2) is 26.7 Å². The van der Waals surface area contributed by atoms with Crippen LogP contribution in [-0.4, -0.2) is 101 Å². The summed E-state index contributed by atoms with van der Waals surface area (Å²) >= 11 is 6.85. The van der Waals surface area contributed by atoms with Gasteiger partial charge in [0.15, 0.2) is 23.2 Å². The zero-order valence-electron chi connectivity index (χ0n) is 45.5. The minimum absolute atomic E-state index is 0.0235. The molecule has 5 amide bonds. The minimum Gasteiger partial charge on any atom is -0.486 e. The maximum atomic E-state index is 17.0. The van der Waals surface area contributed by atoms with Gasteiger partial charge in [-0.1, -0.05) is 61.9 Å². The van der Waals surface area contributed by atoms with E-state index in [1.54, 1.807) is 7.05 Å². The molecule has 4 fully saturated rings. The van der Waals surface area contributed by atoms with Gasteiger partial charge in [0.1, 0.15) is 40.9 Å². The summed E-state index contributed by atoms with van der Waals surface area (Å²) in [5, 5.41) is 10.2. The molecule has 5 heterocycles. The third-order valence-corrected chi connectivity index (χ3v) is 18.5. The fourth-order valence-corrected chi connectivity index (χ4v) is 13.9. The lowest BCUT2D eigenvalue weighted by atomic mass is 9.68. The lowest BCUT2D eigenvalue weighted by Gasteiger charge is -2.43. The number of allylic oxidation sites excluding steroid dienone is 3. The van der Waals surface area contributed by atoms with Crippen molar-refractivity contribution in [3.63, 3.8) is 0 Å². The van der Waals surface area contributed by atoms with Crippen LogP contribution in [0.25, 0.3) is 22.0 Å². The number of anilines is 1. The van der Waals surface area contributed by atoms with Gasteiger partial charge in [0, 0.05) is 98.3 Å². The summed E-state index contributed by atoms with van der Waals surface area (Å²) in [6, 6.07) is 9.96. The summed E-state index contributed by atoms with van der Waals surface area (Å²) in [5.41, 5.74) is 5.37. The summed E-state index contributed by atoms with van der Waals surface area (Å²) in [4.78, 5) is 57.1. The van der Waals surface area contributed by atoms with Crippen LogP contribution in [0.1, 0.15) is 111 Å². The van der Waals surface area contributed by atoms with Crippen molar-refractivity contribution in [2.75, 3.05) is 50.7 Å². The largest absolute Gasteiger partial charge is 0.486 e. The van der Waals surface area contributed by atoms with Gasteiger partial charge >= 0.3 is 6.03 Å². The number of fused-ring (bicyclic) bond motifs is 2. The topological polar surface area (TPSA) is 164 Å². The van der Waals surface area contributed by atoms with Gasteiger partial charge in [0.2, 0.25) is 17.7 Å². The number of aryl methyl sites for hydroxylation is 1. The number of carbonyl (C=O) groups excluding carboxylic acids is 4. The Balaban J connectivity index is 0.707. The molecule has 0 radical (unpaired) electrons. The molecule has 4 aromatic carbocycles. The van der Waals surface area contributed by atoms with E-state index in [-0.39, 0.29) is 106 Å². The van der Waals surface area contributed by atoms with Crippen LogP contribution in [0.2, 0.25) is 5.02 Å². The van der Waals surface area contributed by atoms with E-state index in [2.05, 4.69) is 39.7 Å². The highest BCUT2D eigenvalue weighted by molar-refractivity contribution is 6.34. The van der Waals surface area contributed by atoms with E-state index in [4.69, 9.17) is 26.8 Å². The van der Waals surface area contributed by atoms with Crippen LogP contribution in [0.15, 0.2) is 72.8 Å². The van der Waals surface area contributed by atoms with E-state index >= 15 is 17.6 Å². The van der Waals surface area contributed by atoms with Gasteiger partial charge < -0.3 is 30.3 Å². The zero-order chi connectivity index (χ0) is 57.0. The first-order chi connectivity index (χ1) is 38.9. The Morgan fingerprint density at radius 3 is 2.26 bits per heavy atom. The Morgan fingerprint density at radius 2 is 1.57 bits per heavy atom. The molecule has 6 aliphatic rings. The number of nitrogens with one attached hydrogen (secondary N) is 2. The van der Waals surface area contributed by atoms with Crippen molar-refractivity contribution in [3.05, 3.63) is 129 Å².